The average molecular weight is 293 g/mol. The molecule has 1 fully saturated rings. The van der Waals surface area contributed by atoms with Gasteiger partial charge in [0.15, 0.2) is 0 Å². The molecule has 1 saturated carbocycles. The molecule has 2 rings (SSSR count). The van der Waals surface area contributed by atoms with Crippen molar-refractivity contribution in [2.75, 3.05) is 13.4 Å². The lowest BCUT2D eigenvalue weighted by Gasteiger charge is -2.31. The van der Waals surface area contributed by atoms with E-state index in [4.69, 9.17) is 4.74 Å². The summed E-state index contributed by atoms with van der Waals surface area (Å²) in [5.74, 6) is 0.993. The molecule has 2 nitrogen and oxygen atoms in total. The highest BCUT2D eigenvalue weighted by molar-refractivity contribution is 7.99. The van der Waals surface area contributed by atoms with Crippen LogP contribution in [-0.2, 0) is 0 Å². The first-order valence-corrected chi connectivity index (χ1v) is 8.86. The van der Waals surface area contributed by atoms with Crippen molar-refractivity contribution < 1.29 is 4.74 Å². The Kier molecular flexibility index (Phi) is 5.79. The van der Waals surface area contributed by atoms with Gasteiger partial charge in [0.1, 0.15) is 5.75 Å². The zero-order valence-electron chi connectivity index (χ0n) is 13.1. The maximum absolute atomic E-state index is 5.51. The van der Waals surface area contributed by atoms with Crippen molar-refractivity contribution in [1.82, 2.24) is 5.32 Å². The molecular formula is C17H27NOS. The predicted molar refractivity (Wildman–Crippen MR) is 88.8 cm³/mol. The molecule has 0 aromatic heterocycles. The molecule has 1 aromatic carbocycles. The largest absolute Gasteiger partial charge is 0.496 e. The number of nitrogens with one attached hydrogen (secondary N) is 1. The minimum absolute atomic E-state index is 0.343. The van der Waals surface area contributed by atoms with Gasteiger partial charge in [-0.05, 0) is 45.4 Å². The first-order valence-electron chi connectivity index (χ1n) is 7.57. The SMILES string of the molecule is COc1ccc(C)cc1C(C)NC1CCCC(SC)C1. The van der Waals surface area contributed by atoms with Crippen LogP contribution in [0.15, 0.2) is 18.2 Å². The first kappa shape index (κ1) is 15.7. The van der Waals surface area contributed by atoms with Crippen molar-refractivity contribution in [1.29, 1.82) is 0 Å². The summed E-state index contributed by atoms with van der Waals surface area (Å²) in [6, 6.07) is 7.41. The van der Waals surface area contributed by atoms with Gasteiger partial charge in [-0.1, -0.05) is 24.1 Å². The van der Waals surface area contributed by atoms with Crippen molar-refractivity contribution in [3.8, 4) is 5.75 Å². The fourth-order valence-corrected chi connectivity index (χ4v) is 3.97. The van der Waals surface area contributed by atoms with E-state index in [2.05, 4.69) is 43.6 Å². The zero-order chi connectivity index (χ0) is 14.5. The van der Waals surface area contributed by atoms with Crippen LogP contribution in [0.3, 0.4) is 0 Å². The van der Waals surface area contributed by atoms with Gasteiger partial charge in [-0.3, -0.25) is 0 Å². The van der Waals surface area contributed by atoms with Crippen molar-refractivity contribution in [3.63, 3.8) is 0 Å². The molecule has 20 heavy (non-hydrogen) atoms. The molecule has 0 amide bonds. The number of ether oxygens (including phenoxy) is 1. The van der Waals surface area contributed by atoms with Crippen LogP contribution in [0.2, 0.25) is 0 Å². The van der Waals surface area contributed by atoms with Crippen LogP contribution in [-0.4, -0.2) is 24.7 Å². The summed E-state index contributed by atoms with van der Waals surface area (Å²) in [7, 11) is 1.76. The second kappa shape index (κ2) is 7.37. The fourth-order valence-electron chi connectivity index (χ4n) is 3.15. The molecule has 1 aliphatic carbocycles. The number of hydrogen-bond donors (Lipinski definition) is 1. The Bertz CT molecular complexity index is 435. The molecule has 0 heterocycles. The third-order valence-electron chi connectivity index (χ3n) is 4.30. The molecule has 3 unspecified atom stereocenters. The summed E-state index contributed by atoms with van der Waals surface area (Å²) < 4.78 is 5.51. The molecule has 0 bridgehead atoms. The van der Waals surface area contributed by atoms with E-state index in [1.807, 2.05) is 11.8 Å². The van der Waals surface area contributed by atoms with Crippen LogP contribution in [0.1, 0.15) is 49.8 Å². The number of hydrogen-bond acceptors (Lipinski definition) is 3. The lowest BCUT2D eigenvalue weighted by atomic mass is 9.93. The third kappa shape index (κ3) is 3.92. The first-order chi connectivity index (χ1) is 9.63. The van der Waals surface area contributed by atoms with Crippen LogP contribution >= 0.6 is 11.8 Å². The van der Waals surface area contributed by atoms with Crippen LogP contribution in [0.4, 0.5) is 0 Å². The lowest BCUT2D eigenvalue weighted by molar-refractivity contribution is 0.344. The second-order valence-electron chi connectivity index (χ2n) is 5.85. The minimum Gasteiger partial charge on any atom is -0.496 e. The topological polar surface area (TPSA) is 21.3 Å². The summed E-state index contributed by atoms with van der Waals surface area (Å²) in [4.78, 5) is 0. The minimum atomic E-state index is 0.343. The van der Waals surface area contributed by atoms with E-state index in [1.54, 1.807) is 7.11 Å². The van der Waals surface area contributed by atoms with Gasteiger partial charge in [-0.15, -0.1) is 0 Å². The normalized spacial score (nSPS) is 24.4. The number of benzene rings is 1. The number of methoxy groups -OCH3 is 1. The van der Waals surface area contributed by atoms with Crippen molar-refractivity contribution >= 4 is 11.8 Å². The Morgan fingerprint density at radius 3 is 2.85 bits per heavy atom. The number of aryl methyl sites for hydroxylation is 1. The molecule has 0 spiro atoms. The zero-order valence-corrected chi connectivity index (χ0v) is 13.9. The quantitative estimate of drug-likeness (QED) is 0.873. The molecule has 0 aliphatic heterocycles. The Morgan fingerprint density at radius 2 is 2.15 bits per heavy atom. The van der Waals surface area contributed by atoms with Gasteiger partial charge >= 0.3 is 0 Å². The maximum Gasteiger partial charge on any atom is 0.123 e. The Morgan fingerprint density at radius 1 is 1.35 bits per heavy atom. The summed E-state index contributed by atoms with van der Waals surface area (Å²) in [5.41, 5.74) is 2.57. The second-order valence-corrected chi connectivity index (χ2v) is 6.99. The van der Waals surface area contributed by atoms with E-state index in [1.165, 1.54) is 36.8 Å². The summed E-state index contributed by atoms with van der Waals surface area (Å²) >= 11 is 2.02. The van der Waals surface area contributed by atoms with Crippen molar-refractivity contribution in [3.05, 3.63) is 29.3 Å². The lowest BCUT2D eigenvalue weighted by Crippen LogP contribution is -2.36. The maximum atomic E-state index is 5.51. The molecule has 1 aliphatic rings. The predicted octanol–water partition coefficient (Wildman–Crippen LogP) is 4.33. The van der Waals surface area contributed by atoms with Gasteiger partial charge in [0.2, 0.25) is 0 Å². The van der Waals surface area contributed by atoms with E-state index < -0.39 is 0 Å². The van der Waals surface area contributed by atoms with Gasteiger partial charge in [0, 0.05) is 22.9 Å². The average Bonchev–Trinajstić information content (AvgIpc) is 2.47. The van der Waals surface area contributed by atoms with Gasteiger partial charge in [0.25, 0.3) is 0 Å². The van der Waals surface area contributed by atoms with Gasteiger partial charge in [-0.2, -0.15) is 11.8 Å². The molecular weight excluding hydrogens is 266 g/mol. The van der Waals surface area contributed by atoms with E-state index in [0.717, 1.165) is 11.0 Å². The van der Waals surface area contributed by atoms with Crippen LogP contribution < -0.4 is 10.1 Å². The summed E-state index contributed by atoms with van der Waals surface area (Å²) in [5, 5.41) is 4.63. The highest BCUT2D eigenvalue weighted by Crippen LogP contribution is 2.31. The molecule has 1 aromatic rings. The van der Waals surface area contributed by atoms with Gasteiger partial charge < -0.3 is 10.1 Å². The van der Waals surface area contributed by atoms with Crippen molar-refractivity contribution in [2.45, 2.75) is 56.9 Å². The Labute approximate surface area is 127 Å². The number of rotatable bonds is 5. The standard InChI is InChI=1S/C17H27NOS/c1-12-8-9-17(19-3)16(10-12)13(2)18-14-6-5-7-15(11-14)20-4/h8-10,13-15,18H,5-7,11H2,1-4H3. The third-order valence-corrected chi connectivity index (χ3v) is 5.39. The van der Waals surface area contributed by atoms with Crippen LogP contribution in [0, 0.1) is 6.92 Å². The van der Waals surface area contributed by atoms with E-state index >= 15 is 0 Å². The molecule has 1 N–H and O–H groups in total. The molecule has 112 valence electrons. The highest BCUT2D eigenvalue weighted by atomic mass is 32.2. The van der Waals surface area contributed by atoms with Crippen LogP contribution in [0.25, 0.3) is 0 Å². The molecule has 0 radical (unpaired) electrons. The highest BCUT2D eigenvalue weighted by Gasteiger charge is 2.23. The monoisotopic (exact) mass is 293 g/mol. The van der Waals surface area contributed by atoms with Gasteiger partial charge in [-0.25, -0.2) is 0 Å². The molecule has 0 saturated heterocycles. The molecule has 3 atom stereocenters. The smallest absolute Gasteiger partial charge is 0.123 e. The number of thioether (sulfide) groups is 1. The molecule has 3 heteroatoms. The summed E-state index contributed by atoms with van der Waals surface area (Å²) in [6.45, 7) is 4.39. The van der Waals surface area contributed by atoms with Crippen molar-refractivity contribution in [2.24, 2.45) is 0 Å². The fraction of sp³-hybridized carbons (Fsp3) is 0.647. The van der Waals surface area contributed by atoms with Crippen LogP contribution in [0.5, 0.6) is 5.75 Å². The Balaban J connectivity index is 2.04. The van der Waals surface area contributed by atoms with E-state index in [0.29, 0.717) is 12.1 Å². The summed E-state index contributed by atoms with van der Waals surface area (Å²) in [6.07, 6.45) is 7.55. The van der Waals surface area contributed by atoms with Gasteiger partial charge in [0.05, 0.1) is 7.11 Å². The Hall–Kier alpha value is -0.670. The van der Waals surface area contributed by atoms with E-state index in [9.17, 15) is 0 Å². The van der Waals surface area contributed by atoms with E-state index in [-0.39, 0.29) is 0 Å².